The van der Waals surface area contributed by atoms with Crippen LogP contribution in [0.5, 0.6) is 0 Å². The lowest BCUT2D eigenvalue weighted by atomic mass is 9.99. The maximum atomic E-state index is 11.0. The Morgan fingerprint density at radius 1 is 1.25 bits per heavy atom. The normalized spacial score (nSPS) is 12.7. The predicted octanol–water partition coefficient (Wildman–Crippen LogP) is 3.32. The van der Waals surface area contributed by atoms with E-state index in [9.17, 15) is 4.79 Å². The van der Waals surface area contributed by atoms with Crippen LogP contribution in [0.15, 0.2) is 18.2 Å². The van der Waals surface area contributed by atoms with Gasteiger partial charge in [0.2, 0.25) is 0 Å². The zero-order chi connectivity index (χ0) is 15.1. The molecular weight excluding hydrogens is 250 g/mol. The number of hydrogen-bond donors (Lipinski definition) is 2. The molecule has 0 saturated carbocycles. The molecule has 1 unspecified atom stereocenters. The maximum absolute atomic E-state index is 11.0. The number of aliphatic carboxylic acids is 1. The third kappa shape index (κ3) is 6.20. The highest BCUT2D eigenvalue weighted by molar-refractivity contribution is 5.67. The molecule has 2 N–H and O–H groups in total. The average molecular weight is 277 g/mol. The number of carboxylic acids is 1. The number of nitrogens with one attached hydrogen (secondary N) is 1. The smallest absolute Gasteiger partial charge is 0.304 e. The Labute approximate surface area is 122 Å². The fourth-order valence-corrected chi connectivity index (χ4v) is 2.22. The first-order valence-electron chi connectivity index (χ1n) is 7.39. The molecule has 0 fully saturated rings. The van der Waals surface area contributed by atoms with Crippen molar-refractivity contribution in [2.45, 2.75) is 53.0 Å². The Morgan fingerprint density at radius 2 is 1.95 bits per heavy atom. The molecule has 0 bridgehead atoms. The van der Waals surface area contributed by atoms with Crippen LogP contribution >= 0.6 is 0 Å². The Balaban J connectivity index is 2.62. The molecule has 20 heavy (non-hydrogen) atoms. The van der Waals surface area contributed by atoms with E-state index < -0.39 is 5.97 Å². The largest absolute Gasteiger partial charge is 0.481 e. The lowest BCUT2D eigenvalue weighted by Gasteiger charge is -2.18. The maximum Gasteiger partial charge on any atom is 0.304 e. The van der Waals surface area contributed by atoms with Crippen LogP contribution in [0.25, 0.3) is 0 Å². The zero-order valence-corrected chi connectivity index (χ0v) is 13.1. The van der Waals surface area contributed by atoms with Gasteiger partial charge in [0, 0.05) is 6.04 Å². The van der Waals surface area contributed by atoms with Gasteiger partial charge < -0.3 is 10.4 Å². The van der Waals surface area contributed by atoms with Crippen LogP contribution < -0.4 is 5.32 Å². The summed E-state index contributed by atoms with van der Waals surface area (Å²) in [6.07, 6.45) is 2.01. The van der Waals surface area contributed by atoms with Gasteiger partial charge in [-0.15, -0.1) is 0 Å². The summed E-state index contributed by atoms with van der Waals surface area (Å²) in [5.41, 5.74) is 3.74. The molecule has 3 nitrogen and oxygen atoms in total. The van der Waals surface area contributed by atoms with Crippen molar-refractivity contribution >= 4 is 5.97 Å². The second-order valence-electron chi connectivity index (χ2n) is 6.05. The van der Waals surface area contributed by atoms with Gasteiger partial charge in [0.25, 0.3) is 0 Å². The molecular formula is C17H27NO2. The van der Waals surface area contributed by atoms with Crippen molar-refractivity contribution in [3.05, 3.63) is 34.9 Å². The quantitative estimate of drug-likeness (QED) is 0.766. The van der Waals surface area contributed by atoms with Crippen LogP contribution in [0.3, 0.4) is 0 Å². The average Bonchev–Trinajstić information content (AvgIpc) is 2.32. The first kappa shape index (κ1) is 16.7. The molecule has 0 aliphatic heterocycles. The van der Waals surface area contributed by atoms with E-state index >= 15 is 0 Å². The number of hydrogen-bond acceptors (Lipinski definition) is 2. The van der Waals surface area contributed by atoms with Gasteiger partial charge in [0.05, 0.1) is 6.42 Å². The SMILES string of the molecule is Cc1ccc(CC(CC(=O)O)NCCC(C)C)cc1C. The van der Waals surface area contributed by atoms with Crippen molar-refractivity contribution in [2.75, 3.05) is 6.54 Å². The fraction of sp³-hybridized carbons (Fsp3) is 0.588. The van der Waals surface area contributed by atoms with Crippen LogP contribution in [-0.4, -0.2) is 23.7 Å². The van der Waals surface area contributed by atoms with Gasteiger partial charge in [-0.2, -0.15) is 0 Å². The third-order valence-electron chi connectivity index (χ3n) is 3.63. The van der Waals surface area contributed by atoms with Gasteiger partial charge in [-0.25, -0.2) is 0 Å². The van der Waals surface area contributed by atoms with Crippen molar-refractivity contribution in [3.8, 4) is 0 Å². The van der Waals surface area contributed by atoms with Crippen molar-refractivity contribution in [2.24, 2.45) is 5.92 Å². The molecule has 0 aliphatic rings. The van der Waals surface area contributed by atoms with Crippen molar-refractivity contribution in [1.29, 1.82) is 0 Å². The van der Waals surface area contributed by atoms with E-state index in [1.54, 1.807) is 0 Å². The summed E-state index contributed by atoms with van der Waals surface area (Å²) in [5.74, 6) is -0.106. The summed E-state index contributed by atoms with van der Waals surface area (Å²) in [7, 11) is 0. The molecule has 0 heterocycles. The molecule has 0 radical (unpaired) electrons. The van der Waals surface area contributed by atoms with Crippen LogP contribution in [0.1, 0.15) is 43.4 Å². The minimum atomic E-state index is -0.740. The molecule has 112 valence electrons. The summed E-state index contributed by atoms with van der Waals surface area (Å²) in [4.78, 5) is 11.0. The Bertz CT molecular complexity index is 441. The van der Waals surface area contributed by atoms with E-state index in [1.807, 2.05) is 0 Å². The Kier molecular flexibility index (Phi) is 6.73. The lowest BCUT2D eigenvalue weighted by molar-refractivity contribution is -0.137. The number of carboxylic acid groups (broad SMARTS) is 1. The van der Waals surface area contributed by atoms with E-state index in [0.29, 0.717) is 5.92 Å². The highest BCUT2D eigenvalue weighted by Gasteiger charge is 2.13. The minimum absolute atomic E-state index is 0.00774. The first-order valence-corrected chi connectivity index (χ1v) is 7.39. The molecule has 1 atom stereocenters. The topological polar surface area (TPSA) is 49.3 Å². The molecule has 0 spiro atoms. The number of rotatable bonds is 8. The highest BCUT2D eigenvalue weighted by Crippen LogP contribution is 2.13. The second kappa shape index (κ2) is 8.05. The van der Waals surface area contributed by atoms with Crippen LogP contribution in [0.4, 0.5) is 0 Å². The lowest BCUT2D eigenvalue weighted by Crippen LogP contribution is -2.34. The van der Waals surface area contributed by atoms with Crippen molar-refractivity contribution in [3.63, 3.8) is 0 Å². The molecule has 0 saturated heterocycles. The molecule has 0 amide bonds. The van der Waals surface area contributed by atoms with Gasteiger partial charge in [0.15, 0.2) is 0 Å². The Hall–Kier alpha value is -1.35. The monoisotopic (exact) mass is 277 g/mol. The first-order chi connectivity index (χ1) is 9.38. The molecule has 1 aromatic rings. The van der Waals surface area contributed by atoms with E-state index in [4.69, 9.17) is 5.11 Å². The van der Waals surface area contributed by atoms with Gasteiger partial charge >= 0.3 is 5.97 Å². The fourth-order valence-electron chi connectivity index (χ4n) is 2.22. The third-order valence-corrected chi connectivity index (χ3v) is 3.63. The number of aryl methyl sites for hydroxylation is 2. The zero-order valence-electron chi connectivity index (χ0n) is 13.1. The molecule has 1 rings (SSSR count). The summed E-state index contributed by atoms with van der Waals surface area (Å²) in [5, 5.41) is 12.4. The van der Waals surface area contributed by atoms with Crippen molar-refractivity contribution in [1.82, 2.24) is 5.32 Å². The van der Waals surface area contributed by atoms with Gasteiger partial charge in [0.1, 0.15) is 0 Å². The van der Waals surface area contributed by atoms with Crippen molar-refractivity contribution < 1.29 is 9.90 Å². The van der Waals surface area contributed by atoms with Gasteiger partial charge in [-0.1, -0.05) is 32.0 Å². The highest BCUT2D eigenvalue weighted by atomic mass is 16.4. The van der Waals surface area contributed by atoms with E-state index in [1.165, 1.54) is 16.7 Å². The minimum Gasteiger partial charge on any atom is -0.481 e. The van der Waals surface area contributed by atoms with Crippen LogP contribution in [0.2, 0.25) is 0 Å². The second-order valence-corrected chi connectivity index (χ2v) is 6.05. The van der Waals surface area contributed by atoms with Crippen LogP contribution in [0, 0.1) is 19.8 Å². The summed E-state index contributed by atoms with van der Waals surface area (Å²) >= 11 is 0. The summed E-state index contributed by atoms with van der Waals surface area (Å²) < 4.78 is 0. The van der Waals surface area contributed by atoms with E-state index in [-0.39, 0.29) is 12.5 Å². The molecule has 0 aliphatic carbocycles. The van der Waals surface area contributed by atoms with Gasteiger partial charge in [-0.05, 0) is 55.8 Å². The standard InChI is InChI=1S/C17H27NO2/c1-12(2)7-8-18-16(11-17(19)20)10-15-6-5-13(3)14(4)9-15/h5-6,9,12,16,18H,7-8,10-11H2,1-4H3,(H,19,20). The molecule has 0 aromatic heterocycles. The van der Waals surface area contributed by atoms with Crippen LogP contribution in [-0.2, 0) is 11.2 Å². The van der Waals surface area contributed by atoms with E-state index in [2.05, 4.69) is 51.2 Å². The summed E-state index contributed by atoms with van der Waals surface area (Å²) in [6, 6.07) is 6.38. The molecule has 1 aromatic carbocycles. The van der Waals surface area contributed by atoms with Gasteiger partial charge in [-0.3, -0.25) is 4.79 Å². The summed E-state index contributed by atoms with van der Waals surface area (Å²) in [6.45, 7) is 9.42. The molecule has 3 heteroatoms. The predicted molar refractivity (Wildman–Crippen MR) is 83.1 cm³/mol. The van der Waals surface area contributed by atoms with E-state index in [0.717, 1.165) is 19.4 Å². The Morgan fingerprint density at radius 3 is 2.50 bits per heavy atom. The number of carbonyl (C=O) groups is 1. The number of benzene rings is 1.